The van der Waals surface area contributed by atoms with E-state index in [1.807, 2.05) is 23.7 Å². The van der Waals surface area contributed by atoms with Crippen molar-refractivity contribution in [3.05, 3.63) is 58.4 Å². The Morgan fingerprint density at radius 3 is 2.67 bits per heavy atom. The summed E-state index contributed by atoms with van der Waals surface area (Å²) < 4.78 is 1.81. The molecule has 1 aromatic carbocycles. The molecule has 3 aromatic rings. The number of carbonyl (C=O) groups excluding carboxylic acids is 1. The highest BCUT2D eigenvalue weighted by Gasteiger charge is 2.14. The van der Waals surface area contributed by atoms with Gasteiger partial charge in [0.15, 0.2) is 11.0 Å². The summed E-state index contributed by atoms with van der Waals surface area (Å²) in [7, 11) is 1.83. The maximum Gasteiger partial charge on any atom is 0.269 e. The van der Waals surface area contributed by atoms with Gasteiger partial charge in [-0.15, -0.1) is 10.2 Å². The molecule has 0 bridgehead atoms. The number of aromatic nitrogens is 4. The van der Waals surface area contributed by atoms with Crippen molar-refractivity contribution >= 4 is 29.0 Å². The van der Waals surface area contributed by atoms with E-state index in [2.05, 4.69) is 20.5 Å². The van der Waals surface area contributed by atoms with Gasteiger partial charge in [0.1, 0.15) is 0 Å². The number of non-ortho nitro benzene ring substituents is 1. The third-order valence-electron chi connectivity index (χ3n) is 3.80. The minimum absolute atomic E-state index is 0.0115. The lowest BCUT2D eigenvalue weighted by Crippen LogP contribution is -2.15. The predicted octanol–water partition coefficient (Wildman–Crippen LogP) is 2.82. The molecule has 3 rings (SSSR count). The molecule has 0 aliphatic carbocycles. The quantitative estimate of drug-likeness (QED) is 0.394. The van der Waals surface area contributed by atoms with Crippen LogP contribution in [0.2, 0.25) is 0 Å². The van der Waals surface area contributed by atoms with Crippen LogP contribution in [0, 0.1) is 17.0 Å². The van der Waals surface area contributed by atoms with Crippen molar-refractivity contribution in [1.82, 2.24) is 19.7 Å². The van der Waals surface area contributed by atoms with E-state index in [1.54, 1.807) is 19.3 Å². The number of benzene rings is 1. The molecule has 2 aromatic heterocycles. The zero-order valence-electron chi connectivity index (χ0n) is 14.6. The molecule has 1 N–H and O–H groups in total. The summed E-state index contributed by atoms with van der Waals surface area (Å²) in [4.78, 5) is 26.5. The summed E-state index contributed by atoms with van der Waals surface area (Å²) in [5, 5.41) is 22.4. The highest BCUT2D eigenvalue weighted by Crippen LogP contribution is 2.24. The van der Waals surface area contributed by atoms with Crippen LogP contribution in [0.3, 0.4) is 0 Å². The van der Waals surface area contributed by atoms with Crippen LogP contribution in [0.4, 0.5) is 11.4 Å². The number of anilines is 1. The molecule has 138 valence electrons. The van der Waals surface area contributed by atoms with Crippen molar-refractivity contribution < 1.29 is 9.72 Å². The Morgan fingerprint density at radius 1 is 1.26 bits per heavy atom. The van der Waals surface area contributed by atoms with Crippen molar-refractivity contribution in [3.63, 3.8) is 0 Å². The molecule has 0 aliphatic heterocycles. The number of nitrogens with zero attached hydrogens (tertiary/aromatic N) is 5. The number of nitro benzene ring substituents is 1. The van der Waals surface area contributed by atoms with Crippen LogP contribution in [0.1, 0.15) is 5.56 Å². The standard InChI is InChI=1S/C17H16N6O3S/c1-11-9-13(23(25)26)3-4-14(11)19-15(24)10-27-17-21-20-16(22(17)2)12-5-7-18-8-6-12/h3-9H,10H2,1-2H3,(H,19,24). The molecule has 0 spiro atoms. The second kappa shape index (κ2) is 7.96. The number of amides is 1. The first-order chi connectivity index (χ1) is 13.0. The van der Waals surface area contributed by atoms with Crippen LogP contribution in [0.5, 0.6) is 0 Å². The van der Waals surface area contributed by atoms with Crippen molar-refractivity contribution in [1.29, 1.82) is 0 Å². The monoisotopic (exact) mass is 384 g/mol. The smallest absolute Gasteiger partial charge is 0.269 e. The molecule has 0 unspecified atom stereocenters. The molecule has 0 atom stereocenters. The first-order valence-corrected chi connectivity index (χ1v) is 8.91. The maximum absolute atomic E-state index is 12.2. The van der Waals surface area contributed by atoms with Crippen LogP contribution in [-0.2, 0) is 11.8 Å². The molecule has 10 heteroatoms. The fourth-order valence-corrected chi connectivity index (χ4v) is 3.12. The summed E-state index contributed by atoms with van der Waals surface area (Å²) >= 11 is 1.26. The SMILES string of the molecule is Cc1cc([N+](=O)[O-])ccc1NC(=O)CSc1nnc(-c2ccncc2)n1C. The van der Waals surface area contributed by atoms with Gasteiger partial charge in [0.05, 0.1) is 10.7 Å². The van der Waals surface area contributed by atoms with Crippen molar-refractivity contribution in [2.24, 2.45) is 7.05 Å². The van der Waals surface area contributed by atoms with E-state index in [0.717, 1.165) is 5.56 Å². The van der Waals surface area contributed by atoms with Gasteiger partial charge in [-0.1, -0.05) is 11.8 Å². The van der Waals surface area contributed by atoms with Crippen LogP contribution in [-0.4, -0.2) is 36.3 Å². The Bertz CT molecular complexity index is 990. The number of thioether (sulfide) groups is 1. The Morgan fingerprint density at radius 2 is 2.00 bits per heavy atom. The average molecular weight is 384 g/mol. The van der Waals surface area contributed by atoms with Crippen LogP contribution >= 0.6 is 11.8 Å². The summed E-state index contributed by atoms with van der Waals surface area (Å²) in [6.07, 6.45) is 3.35. The first kappa shape index (κ1) is 18.5. The molecule has 9 nitrogen and oxygen atoms in total. The predicted molar refractivity (Wildman–Crippen MR) is 101 cm³/mol. The van der Waals surface area contributed by atoms with Crippen molar-refractivity contribution in [2.45, 2.75) is 12.1 Å². The van der Waals surface area contributed by atoms with Gasteiger partial charge in [-0.2, -0.15) is 0 Å². The zero-order valence-corrected chi connectivity index (χ0v) is 15.4. The summed E-state index contributed by atoms with van der Waals surface area (Å²) in [6.45, 7) is 1.71. The number of nitro groups is 1. The molecule has 0 saturated carbocycles. The lowest BCUT2D eigenvalue weighted by molar-refractivity contribution is -0.384. The van der Waals surface area contributed by atoms with Crippen LogP contribution < -0.4 is 5.32 Å². The fraction of sp³-hybridized carbons (Fsp3) is 0.176. The topological polar surface area (TPSA) is 116 Å². The van der Waals surface area contributed by atoms with Gasteiger partial charge in [0, 0.05) is 42.8 Å². The molecule has 0 saturated heterocycles. The second-order valence-corrected chi connectivity index (χ2v) is 6.64. The van der Waals surface area contributed by atoms with E-state index in [-0.39, 0.29) is 17.3 Å². The number of rotatable bonds is 6. The lowest BCUT2D eigenvalue weighted by atomic mass is 10.2. The molecule has 0 radical (unpaired) electrons. The van der Waals surface area contributed by atoms with Gasteiger partial charge in [0.25, 0.3) is 5.69 Å². The number of hydrogen-bond donors (Lipinski definition) is 1. The molecular formula is C17H16N6O3S. The van der Waals surface area contributed by atoms with Gasteiger partial charge in [-0.3, -0.25) is 19.9 Å². The Balaban J connectivity index is 1.63. The van der Waals surface area contributed by atoms with E-state index < -0.39 is 4.92 Å². The van der Waals surface area contributed by atoms with Crippen LogP contribution in [0.15, 0.2) is 47.9 Å². The first-order valence-electron chi connectivity index (χ1n) is 7.93. The molecular weight excluding hydrogens is 368 g/mol. The summed E-state index contributed by atoms with van der Waals surface area (Å²) in [5.74, 6) is 0.593. The fourth-order valence-electron chi connectivity index (χ4n) is 2.41. The summed E-state index contributed by atoms with van der Waals surface area (Å²) in [6, 6.07) is 7.98. The van der Waals surface area contributed by atoms with Crippen LogP contribution in [0.25, 0.3) is 11.4 Å². The largest absolute Gasteiger partial charge is 0.325 e. The highest BCUT2D eigenvalue weighted by atomic mass is 32.2. The summed E-state index contributed by atoms with van der Waals surface area (Å²) in [5.41, 5.74) is 2.04. The van der Waals surface area contributed by atoms with E-state index in [9.17, 15) is 14.9 Å². The van der Waals surface area contributed by atoms with Gasteiger partial charge in [0.2, 0.25) is 5.91 Å². The van der Waals surface area contributed by atoms with E-state index in [4.69, 9.17) is 0 Å². The van der Waals surface area contributed by atoms with E-state index in [0.29, 0.717) is 22.2 Å². The Kier molecular flexibility index (Phi) is 5.46. The number of nitrogens with one attached hydrogen (secondary N) is 1. The van der Waals surface area contributed by atoms with Gasteiger partial charge < -0.3 is 9.88 Å². The van der Waals surface area contributed by atoms with E-state index >= 15 is 0 Å². The maximum atomic E-state index is 12.2. The van der Waals surface area contributed by atoms with Gasteiger partial charge in [-0.05, 0) is 30.7 Å². The van der Waals surface area contributed by atoms with Gasteiger partial charge in [-0.25, -0.2) is 0 Å². The third kappa shape index (κ3) is 4.29. The van der Waals surface area contributed by atoms with E-state index in [1.165, 1.54) is 30.0 Å². The zero-order chi connectivity index (χ0) is 19.4. The Hall–Kier alpha value is -3.27. The lowest BCUT2D eigenvalue weighted by Gasteiger charge is -2.08. The highest BCUT2D eigenvalue weighted by molar-refractivity contribution is 7.99. The normalized spacial score (nSPS) is 10.6. The number of carbonyl (C=O) groups is 1. The number of pyridine rings is 1. The average Bonchev–Trinajstić information content (AvgIpc) is 3.03. The minimum Gasteiger partial charge on any atom is -0.325 e. The molecule has 1 amide bonds. The molecule has 2 heterocycles. The molecule has 0 fully saturated rings. The molecule has 27 heavy (non-hydrogen) atoms. The van der Waals surface area contributed by atoms with Crippen molar-refractivity contribution in [3.8, 4) is 11.4 Å². The second-order valence-electron chi connectivity index (χ2n) is 5.69. The van der Waals surface area contributed by atoms with Gasteiger partial charge >= 0.3 is 0 Å². The van der Waals surface area contributed by atoms with Crippen molar-refractivity contribution in [2.75, 3.05) is 11.1 Å². The number of hydrogen-bond acceptors (Lipinski definition) is 7. The Labute approximate surface area is 159 Å². The molecule has 0 aliphatic rings. The third-order valence-corrected chi connectivity index (χ3v) is 4.82. The number of aryl methyl sites for hydroxylation is 1. The minimum atomic E-state index is -0.469.